The molecule has 42 heteroatoms. The number of rotatable bonds is 28. The van der Waals surface area contributed by atoms with Gasteiger partial charge in [-0.05, 0) is 59.6 Å². The number of carbonyl (C=O) groups excluding carboxylic acids is 6. The molecule has 0 saturated carbocycles. The Morgan fingerprint density at radius 3 is 0.481 bits per heavy atom. The third-order valence-corrected chi connectivity index (χ3v) is 10.8. The summed E-state index contributed by atoms with van der Waals surface area (Å²) in [6, 6.07) is 51.9. The summed E-state index contributed by atoms with van der Waals surface area (Å²) in [5, 5.41) is 182. The minimum absolute atomic E-state index is 0. The molecule has 0 aliphatic rings. The Bertz CT molecular complexity index is 2570. The average Bonchev–Trinajstić information content (AvgIpc) is 0.996. The average molecular weight is 1970 g/mol. The largest absolute Gasteiger partial charge is 3.00 e. The predicted molar refractivity (Wildman–Crippen MR) is 343 cm³/mol. The van der Waals surface area contributed by atoms with E-state index in [4.69, 9.17) is 61.6 Å². The van der Waals surface area contributed by atoms with Gasteiger partial charge in [0.25, 0.3) is 0 Å². The van der Waals surface area contributed by atoms with Crippen molar-refractivity contribution in [1.82, 2.24) is 19.6 Å². The van der Waals surface area contributed by atoms with Crippen molar-refractivity contribution >= 4 is 35.8 Å². The van der Waals surface area contributed by atoms with Crippen LogP contribution in [0.1, 0.15) is 76.0 Å². The molecular weight excluding hydrogens is 1890 g/mol. The van der Waals surface area contributed by atoms with E-state index in [0.29, 0.717) is 78.5 Å². The fraction of sp³-hybridized carbons (Fsp3) is 0.333. The first-order valence-corrected chi connectivity index (χ1v) is 29.2. The standard InChI is InChI=1S/2C10H22N2O4.6C7H6O2.2C2H3N.2Gd.4Mn.2NO3.2O/c2*13-7-3-11(4-8-14)1-2-12(5-9-15)6-10-16;6*8-7(9)6-4-2-1-3-5-6;2*1-2-3;;;;;;;2*2-1(3)4;;/h2*13,15H,1-10H2;6*1-5H,(H,8,9);2*1H3;;;;;;;;;;/q2*-2;;;;;;;;;2*+3;+2;3*+3;2*-1;2*-2/p-6. The van der Waals surface area contributed by atoms with Gasteiger partial charge in [0.1, 0.15) is 0 Å². The summed E-state index contributed by atoms with van der Waals surface area (Å²) in [6.07, 6.45) is 0. The van der Waals surface area contributed by atoms with E-state index in [1.807, 2.05) is 19.6 Å². The summed E-state index contributed by atoms with van der Waals surface area (Å²) in [5.41, 5.74) is 1.32. The minimum Gasteiger partial charge on any atom is -2.00 e. The SMILES string of the molecule is CC#N.CC#N.O=C([O-])c1ccccc1.O=C([O-])c1ccccc1.O=C([O-])c1ccccc1.O=C([O-])c1ccccc1.O=C([O-])c1ccccc1.O=C([O-])c1ccccc1.O=[N+]([O-])[O-].O=[N+]([O-])[O-].[Gd+3].[Gd+3].[Mn+2].[Mn+3].[Mn+3].[Mn+3].[O-2].[O-2].[O-]CCN(CCO)CCN(CC[O-])CCO.[O-]CCN(CCO)CCN(CC[O-])CCO. The van der Waals surface area contributed by atoms with Crippen molar-refractivity contribution in [3.8, 4) is 12.1 Å². The van der Waals surface area contributed by atoms with Gasteiger partial charge in [-0.25, -0.2) is 0 Å². The third kappa shape index (κ3) is 97.7. The van der Waals surface area contributed by atoms with Gasteiger partial charge in [-0.3, -0.25) is 0 Å². The molecule has 36 nitrogen and oxygen atoms in total. The van der Waals surface area contributed by atoms with Gasteiger partial charge in [-0.15, -0.1) is 26.4 Å². The first kappa shape index (κ1) is 134. The smallest absolute Gasteiger partial charge is 2.00 e. The van der Waals surface area contributed by atoms with Crippen LogP contribution >= 0.6 is 0 Å². The number of nitriles is 2. The summed E-state index contributed by atoms with van der Waals surface area (Å²) in [5.74, 6) is -6.77. The Labute approximate surface area is 731 Å². The van der Waals surface area contributed by atoms with Crippen molar-refractivity contribution < 1.29 is 270 Å². The summed E-state index contributed by atoms with van der Waals surface area (Å²) in [7, 11) is 0. The van der Waals surface area contributed by atoms with Gasteiger partial charge in [-0.2, -0.15) is 10.5 Å². The van der Waals surface area contributed by atoms with Crippen molar-refractivity contribution in [3.05, 3.63) is 246 Å². The molecule has 0 aliphatic heterocycles. The zero-order chi connectivity index (χ0) is 77.2. The number of benzene rings is 6. The molecule has 3 radical (unpaired) electrons. The topological polar surface area (TPSA) is 664 Å². The van der Waals surface area contributed by atoms with Crippen molar-refractivity contribution in [2.24, 2.45) is 0 Å². The predicted octanol–water partition coefficient (Wildman–Crippen LogP) is -6.77. The second kappa shape index (κ2) is 101. The van der Waals surface area contributed by atoms with Gasteiger partial charge in [0.15, 0.2) is 0 Å². The first-order chi connectivity index (χ1) is 47.7. The first-order valence-electron chi connectivity index (χ1n) is 29.2. The molecule has 108 heavy (non-hydrogen) atoms. The Kier molecular flexibility index (Phi) is 125. The molecule has 6 rings (SSSR count). The number of nitrogens with zero attached hydrogens (tertiary/aromatic N) is 8. The minimum atomic E-state index is -1.75. The van der Waals surface area contributed by atoms with Crippen LogP contribution in [-0.2, 0) is 79.2 Å². The second-order valence-corrected chi connectivity index (χ2v) is 17.9. The molecule has 0 atom stereocenters. The Hall–Kier alpha value is -6.31. The van der Waals surface area contributed by atoms with E-state index in [1.165, 1.54) is 86.6 Å². The molecule has 0 fully saturated rings. The van der Waals surface area contributed by atoms with Crippen molar-refractivity contribution in [1.29, 1.82) is 10.5 Å². The molecule has 6 aromatic carbocycles. The van der Waals surface area contributed by atoms with Gasteiger partial charge in [0, 0.05) is 66.2 Å². The number of aliphatic hydroxyl groups is 4. The van der Waals surface area contributed by atoms with Crippen LogP contribution < -0.4 is 51.1 Å². The fourth-order valence-corrected chi connectivity index (χ4v) is 6.43. The van der Waals surface area contributed by atoms with Crippen molar-refractivity contribution in [2.75, 3.05) is 131 Å². The van der Waals surface area contributed by atoms with Crippen LogP contribution in [0.4, 0.5) is 0 Å². The molecule has 0 unspecified atom stereocenters. The third-order valence-electron chi connectivity index (χ3n) is 10.8. The number of aromatic carboxylic acids is 6. The van der Waals surface area contributed by atoms with Gasteiger partial charge < -0.3 is 161 Å². The molecule has 0 aliphatic carbocycles. The second-order valence-electron chi connectivity index (χ2n) is 17.9. The number of aliphatic hydroxyl groups excluding tert-OH is 4. The van der Waals surface area contributed by atoms with Crippen LogP contribution in [0.25, 0.3) is 0 Å². The quantitative estimate of drug-likeness (QED) is 0.0201. The Morgan fingerprint density at radius 2 is 0.417 bits per heavy atom. The van der Waals surface area contributed by atoms with E-state index in [2.05, 4.69) is 0 Å². The van der Waals surface area contributed by atoms with E-state index in [0.717, 1.165) is 0 Å². The Morgan fingerprint density at radius 1 is 0.315 bits per heavy atom. The number of hydrogen-bond acceptors (Lipinski definition) is 32. The molecular formula is C66H80Gd2Mn4N8O28+. The van der Waals surface area contributed by atoms with Crippen LogP contribution in [0.5, 0.6) is 0 Å². The van der Waals surface area contributed by atoms with Crippen LogP contribution in [0.2, 0.25) is 0 Å². The molecule has 0 spiro atoms. The molecule has 6 aromatic rings. The monoisotopic (exact) mass is 1970 g/mol. The van der Waals surface area contributed by atoms with Crippen LogP contribution in [-0.4, -0.2) is 217 Å². The van der Waals surface area contributed by atoms with Gasteiger partial charge in [-0.1, -0.05) is 182 Å². The maximum absolute atomic E-state index is 10.5. The Balaban J connectivity index is -0.0000000758. The van der Waals surface area contributed by atoms with Crippen molar-refractivity contribution in [3.63, 3.8) is 0 Å². The van der Waals surface area contributed by atoms with Crippen molar-refractivity contribution in [2.45, 2.75) is 13.8 Å². The van der Waals surface area contributed by atoms with E-state index < -0.39 is 46.0 Å². The van der Waals surface area contributed by atoms with Gasteiger partial charge in [0.2, 0.25) is 0 Å². The van der Waals surface area contributed by atoms with Gasteiger partial charge >= 0.3 is 148 Å². The number of carboxylic acids is 6. The summed E-state index contributed by atoms with van der Waals surface area (Å²) >= 11 is 0. The number of carboxylic acid groups (broad SMARTS) is 6. The molecule has 0 bridgehead atoms. The van der Waals surface area contributed by atoms with Gasteiger partial charge in [0.05, 0.1) is 84.6 Å². The molecule has 0 aromatic heterocycles. The molecule has 4 N–H and O–H groups in total. The van der Waals surface area contributed by atoms with Crippen LogP contribution in [0, 0.1) is 133 Å². The van der Waals surface area contributed by atoms with E-state index in [-0.39, 0.29) is 245 Å². The van der Waals surface area contributed by atoms with Crippen LogP contribution in [0.15, 0.2) is 182 Å². The normalized spacial score (nSPS) is 8.48. The maximum Gasteiger partial charge on any atom is 3.00 e. The summed E-state index contributed by atoms with van der Waals surface area (Å²) < 4.78 is 0. The molecule has 0 amide bonds. The zero-order valence-corrected chi connectivity index (χ0v) is 67.1. The molecule has 0 saturated heterocycles. The fourth-order valence-electron chi connectivity index (χ4n) is 6.43. The number of hydrogen-bond donors (Lipinski definition) is 4. The zero-order valence-electron chi connectivity index (χ0n) is 57.8. The maximum atomic E-state index is 10.5. The van der Waals surface area contributed by atoms with Crippen LogP contribution in [0.3, 0.4) is 0 Å². The number of carbonyl (C=O) groups is 6. The molecule has 0 heterocycles. The van der Waals surface area contributed by atoms with E-state index >= 15 is 0 Å². The van der Waals surface area contributed by atoms with E-state index in [1.54, 1.807) is 121 Å². The summed E-state index contributed by atoms with van der Waals surface area (Å²) in [4.78, 5) is 84.5. The molecule has 595 valence electrons. The van der Waals surface area contributed by atoms with E-state index in [9.17, 15) is 79.8 Å². The summed E-state index contributed by atoms with van der Waals surface area (Å²) in [6.45, 7) is 8.32.